The van der Waals surface area contributed by atoms with Crippen molar-refractivity contribution in [3.8, 4) is 5.75 Å². The molecule has 0 aliphatic heterocycles. The Balaban J connectivity index is 2.08. The Morgan fingerprint density at radius 1 is 1.42 bits per heavy atom. The molecule has 0 unspecified atom stereocenters. The van der Waals surface area contributed by atoms with Crippen LogP contribution in [0.2, 0.25) is 0 Å². The van der Waals surface area contributed by atoms with E-state index in [2.05, 4.69) is 26.9 Å². The number of benzene rings is 1. The maximum Gasteiger partial charge on any atom is 0.123 e. The van der Waals surface area contributed by atoms with Crippen LogP contribution in [0, 0.1) is 0 Å². The smallest absolute Gasteiger partial charge is 0.123 e. The lowest BCUT2D eigenvalue weighted by Crippen LogP contribution is -2.40. The molecule has 106 valence electrons. The number of halogens is 2. The van der Waals surface area contributed by atoms with Crippen LogP contribution in [0.1, 0.15) is 31.2 Å². The van der Waals surface area contributed by atoms with Gasteiger partial charge in [-0.3, -0.25) is 4.90 Å². The van der Waals surface area contributed by atoms with E-state index in [1.165, 1.54) is 24.8 Å². The first-order valence-corrected chi connectivity index (χ1v) is 8.19. The van der Waals surface area contributed by atoms with Crippen molar-refractivity contribution < 1.29 is 4.74 Å². The van der Waals surface area contributed by atoms with Gasteiger partial charge in [0.1, 0.15) is 5.75 Å². The van der Waals surface area contributed by atoms with Gasteiger partial charge in [-0.2, -0.15) is 0 Å². The van der Waals surface area contributed by atoms with Crippen molar-refractivity contribution in [3.05, 3.63) is 28.2 Å². The van der Waals surface area contributed by atoms with E-state index in [9.17, 15) is 0 Å². The van der Waals surface area contributed by atoms with Crippen LogP contribution < -0.4 is 4.74 Å². The third-order valence-electron chi connectivity index (χ3n) is 3.79. The molecule has 0 heterocycles. The third kappa shape index (κ3) is 4.11. The summed E-state index contributed by atoms with van der Waals surface area (Å²) in [5.41, 5.74) is 1.25. The molecule has 1 aliphatic carbocycles. The molecule has 2 nitrogen and oxygen atoms in total. The number of hydrogen-bond acceptors (Lipinski definition) is 2. The molecule has 0 radical (unpaired) electrons. The van der Waals surface area contributed by atoms with Crippen LogP contribution in [0.25, 0.3) is 0 Å². The van der Waals surface area contributed by atoms with Crippen molar-refractivity contribution >= 4 is 27.5 Å². The van der Waals surface area contributed by atoms with Crippen LogP contribution in [-0.2, 0) is 6.54 Å². The highest BCUT2D eigenvalue weighted by Crippen LogP contribution is 2.30. The minimum atomic E-state index is 0.729. The monoisotopic (exact) mass is 345 g/mol. The van der Waals surface area contributed by atoms with Crippen molar-refractivity contribution in [2.45, 2.75) is 38.3 Å². The van der Waals surface area contributed by atoms with Gasteiger partial charge in [-0.1, -0.05) is 22.4 Å². The van der Waals surface area contributed by atoms with Gasteiger partial charge in [-0.15, -0.1) is 11.6 Å². The average molecular weight is 347 g/mol. The minimum absolute atomic E-state index is 0.729. The second-order valence-corrected chi connectivity index (χ2v) is 6.35. The molecule has 0 saturated heterocycles. The van der Waals surface area contributed by atoms with Crippen LogP contribution in [0.15, 0.2) is 22.7 Å². The molecule has 4 heteroatoms. The molecular weight excluding hydrogens is 326 g/mol. The quantitative estimate of drug-likeness (QED) is 0.677. The summed E-state index contributed by atoms with van der Waals surface area (Å²) >= 11 is 9.38. The SMILES string of the molecule is COc1ccc(Br)cc1CN(CCCCl)C1CCC1. The number of hydrogen-bond donors (Lipinski definition) is 0. The zero-order valence-corrected chi connectivity index (χ0v) is 13.7. The van der Waals surface area contributed by atoms with Gasteiger partial charge in [0.05, 0.1) is 7.11 Å². The fraction of sp³-hybridized carbons (Fsp3) is 0.600. The summed E-state index contributed by atoms with van der Waals surface area (Å²) in [6.45, 7) is 2.02. The first-order valence-electron chi connectivity index (χ1n) is 6.87. The highest BCUT2D eigenvalue weighted by Gasteiger charge is 2.25. The first-order chi connectivity index (χ1) is 9.24. The van der Waals surface area contributed by atoms with Crippen LogP contribution in [0.4, 0.5) is 0 Å². The number of nitrogens with zero attached hydrogens (tertiary/aromatic N) is 1. The Kier molecular flexibility index (Phi) is 5.99. The van der Waals surface area contributed by atoms with Gasteiger partial charge >= 0.3 is 0 Å². The molecule has 1 saturated carbocycles. The van der Waals surface area contributed by atoms with Crippen molar-refractivity contribution in [1.29, 1.82) is 0 Å². The normalized spacial score (nSPS) is 15.6. The Hall–Kier alpha value is -0.250. The Bertz CT molecular complexity index is 409. The number of alkyl halides is 1. The van der Waals surface area contributed by atoms with Gasteiger partial charge in [0.15, 0.2) is 0 Å². The van der Waals surface area contributed by atoms with Gasteiger partial charge in [0.25, 0.3) is 0 Å². The van der Waals surface area contributed by atoms with Crippen molar-refractivity contribution in [2.75, 3.05) is 19.5 Å². The van der Waals surface area contributed by atoms with E-state index < -0.39 is 0 Å². The van der Waals surface area contributed by atoms with E-state index in [1.807, 2.05) is 12.1 Å². The van der Waals surface area contributed by atoms with Crippen molar-refractivity contribution in [1.82, 2.24) is 4.90 Å². The number of ether oxygens (including phenoxy) is 1. The standard InChI is InChI=1S/C15H21BrClNO/c1-19-15-7-6-13(16)10-12(15)11-18(9-3-8-17)14-4-2-5-14/h6-7,10,14H,2-5,8-9,11H2,1H3. The minimum Gasteiger partial charge on any atom is -0.496 e. The lowest BCUT2D eigenvalue weighted by Gasteiger charge is -2.37. The molecule has 0 aromatic heterocycles. The molecule has 1 aromatic carbocycles. The molecule has 0 amide bonds. The molecule has 1 aliphatic rings. The molecule has 0 atom stereocenters. The Morgan fingerprint density at radius 2 is 2.21 bits per heavy atom. The maximum absolute atomic E-state index is 5.84. The highest BCUT2D eigenvalue weighted by molar-refractivity contribution is 9.10. The largest absolute Gasteiger partial charge is 0.496 e. The molecular formula is C15H21BrClNO. The Labute approximate surface area is 129 Å². The molecule has 1 fully saturated rings. The lowest BCUT2D eigenvalue weighted by molar-refractivity contribution is 0.119. The Morgan fingerprint density at radius 3 is 2.79 bits per heavy atom. The molecule has 19 heavy (non-hydrogen) atoms. The van der Waals surface area contributed by atoms with Gasteiger partial charge in [0, 0.05) is 28.5 Å². The predicted octanol–water partition coefficient (Wildman–Crippen LogP) is 4.44. The zero-order chi connectivity index (χ0) is 13.7. The summed E-state index contributed by atoms with van der Waals surface area (Å²) in [6.07, 6.45) is 5.04. The van der Waals surface area contributed by atoms with E-state index in [-0.39, 0.29) is 0 Å². The summed E-state index contributed by atoms with van der Waals surface area (Å²) in [5, 5.41) is 0. The van der Waals surface area contributed by atoms with Crippen LogP contribution >= 0.6 is 27.5 Å². The predicted molar refractivity (Wildman–Crippen MR) is 84.1 cm³/mol. The molecule has 0 bridgehead atoms. The summed E-state index contributed by atoms with van der Waals surface area (Å²) < 4.78 is 6.57. The second-order valence-electron chi connectivity index (χ2n) is 5.05. The van der Waals surface area contributed by atoms with Gasteiger partial charge < -0.3 is 4.74 Å². The fourth-order valence-electron chi connectivity index (χ4n) is 2.49. The van der Waals surface area contributed by atoms with Crippen LogP contribution in [-0.4, -0.2) is 30.5 Å². The highest BCUT2D eigenvalue weighted by atomic mass is 79.9. The molecule has 0 N–H and O–H groups in total. The number of rotatable bonds is 7. The van der Waals surface area contributed by atoms with E-state index in [0.29, 0.717) is 0 Å². The summed E-state index contributed by atoms with van der Waals surface area (Å²) in [5.74, 6) is 1.71. The van der Waals surface area contributed by atoms with E-state index in [4.69, 9.17) is 16.3 Å². The van der Waals surface area contributed by atoms with Gasteiger partial charge in [-0.25, -0.2) is 0 Å². The van der Waals surface area contributed by atoms with Gasteiger partial charge in [0.2, 0.25) is 0 Å². The van der Waals surface area contributed by atoms with Crippen LogP contribution in [0.3, 0.4) is 0 Å². The van der Waals surface area contributed by atoms with Crippen LogP contribution in [0.5, 0.6) is 5.75 Å². The summed E-state index contributed by atoms with van der Waals surface area (Å²) in [4.78, 5) is 2.55. The second kappa shape index (κ2) is 7.51. The van der Waals surface area contributed by atoms with Gasteiger partial charge in [-0.05, 0) is 44.0 Å². The molecule has 0 spiro atoms. The van der Waals surface area contributed by atoms with Crippen molar-refractivity contribution in [3.63, 3.8) is 0 Å². The molecule has 2 rings (SSSR count). The topological polar surface area (TPSA) is 12.5 Å². The van der Waals surface area contributed by atoms with Crippen molar-refractivity contribution in [2.24, 2.45) is 0 Å². The first kappa shape index (κ1) is 15.1. The summed E-state index contributed by atoms with van der Waals surface area (Å²) in [7, 11) is 1.74. The number of methoxy groups -OCH3 is 1. The van der Waals surface area contributed by atoms with E-state index in [0.717, 1.165) is 41.7 Å². The lowest BCUT2D eigenvalue weighted by atomic mass is 9.91. The third-order valence-corrected chi connectivity index (χ3v) is 4.55. The summed E-state index contributed by atoms with van der Waals surface area (Å²) in [6, 6.07) is 6.94. The zero-order valence-electron chi connectivity index (χ0n) is 11.4. The van der Waals surface area contributed by atoms with E-state index in [1.54, 1.807) is 7.11 Å². The average Bonchev–Trinajstić information content (AvgIpc) is 2.34. The van der Waals surface area contributed by atoms with E-state index >= 15 is 0 Å². The maximum atomic E-state index is 5.84. The fourth-order valence-corrected chi connectivity index (χ4v) is 3.02. The molecule has 1 aromatic rings.